The maximum atomic E-state index is 12.4. The molecule has 0 fully saturated rings. The molecule has 0 aliphatic rings. The summed E-state index contributed by atoms with van der Waals surface area (Å²) in [5, 5.41) is 2.79. The van der Waals surface area contributed by atoms with Crippen molar-refractivity contribution < 1.29 is 14.4 Å². The Bertz CT molecular complexity index is 932. The molecule has 7 heteroatoms. The number of hydrazine groups is 1. The molecule has 2 aromatic carbocycles. The number of hydrogen-bond acceptors (Lipinski definition) is 3. The van der Waals surface area contributed by atoms with Crippen molar-refractivity contribution in [3.8, 4) is 0 Å². The molecule has 0 atom stereocenters. The highest BCUT2D eigenvalue weighted by Crippen LogP contribution is 2.30. The van der Waals surface area contributed by atoms with E-state index in [2.05, 4.69) is 52.9 Å². The number of halogens is 1. The summed E-state index contributed by atoms with van der Waals surface area (Å²) >= 11 is 3.51. The van der Waals surface area contributed by atoms with Gasteiger partial charge < -0.3 is 5.32 Å². The van der Waals surface area contributed by atoms with Gasteiger partial charge in [-0.15, -0.1) is 0 Å². The van der Waals surface area contributed by atoms with Crippen LogP contribution in [0.4, 0.5) is 5.69 Å². The molecular weight excluding hydrogens is 446 g/mol. The number of hydrogen-bond donors (Lipinski definition) is 3. The van der Waals surface area contributed by atoms with E-state index >= 15 is 0 Å². The topological polar surface area (TPSA) is 87.3 Å². The Morgan fingerprint density at radius 2 is 1.43 bits per heavy atom. The van der Waals surface area contributed by atoms with Gasteiger partial charge in [-0.2, -0.15) is 0 Å². The first kappa shape index (κ1) is 23.6. The summed E-state index contributed by atoms with van der Waals surface area (Å²) in [6.45, 7) is 10.2. The Hall–Kier alpha value is -2.67. The van der Waals surface area contributed by atoms with Crippen molar-refractivity contribution in [2.24, 2.45) is 5.92 Å². The second-order valence-electron chi connectivity index (χ2n) is 8.58. The van der Waals surface area contributed by atoms with Gasteiger partial charge >= 0.3 is 0 Å². The van der Waals surface area contributed by atoms with Crippen molar-refractivity contribution in [3.05, 3.63) is 63.6 Å². The van der Waals surface area contributed by atoms with Crippen LogP contribution < -0.4 is 16.2 Å². The van der Waals surface area contributed by atoms with E-state index in [0.717, 1.165) is 10.0 Å². The number of benzene rings is 2. The number of rotatable bonds is 5. The Kier molecular flexibility index (Phi) is 7.78. The third kappa shape index (κ3) is 6.69. The van der Waals surface area contributed by atoms with Crippen LogP contribution in [0.1, 0.15) is 67.3 Å². The molecule has 0 unspecified atom stereocenters. The maximum absolute atomic E-state index is 12.4. The molecule has 0 bridgehead atoms. The smallest absolute Gasteiger partial charge is 0.269 e. The normalized spacial score (nSPS) is 11.2. The van der Waals surface area contributed by atoms with Crippen molar-refractivity contribution in [1.82, 2.24) is 10.9 Å². The van der Waals surface area contributed by atoms with Gasteiger partial charge in [-0.25, -0.2) is 0 Å². The zero-order valence-corrected chi connectivity index (χ0v) is 19.5. The molecule has 0 aliphatic heterocycles. The first-order chi connectivity index (χ1) is 14.0. The van der Waals surface area contributed by atoms with E-state index in [4.69, 9.17) is 0 Å². The molecule has 0 spiro atoms. The van der Waals surface area contributed by atoms with E-state index in [1.807, 2.05) is 19.9 Å². The van der Waals surface area contributed by atoms with Crippen molar-refractivity contribution in [2.45, 2.75) is 46.5 Å². The molecule has 0 radical (unpaired) electrons. The Balaban J connectivity index is 1.94. The van der Waals surface area contributed by atoms with Gasteiger partial charge in [-0.1, -0.05) is 56.6 Å². The molecule has 0 saturated heterocycles. The van der Waals surface area contributed by atoms with Crippen LogP contribution in [0.2, 0.25) is 0 Å². The molecule has 0 heterocycles. The van der Waals surface area contributed by atoms with E-state index in [1.165, 1.54) is 0 Å². The van der Waals surface area contributed by atoms with Gasteiger partial charge in [-0.3, -0.25) is 25.2 Å². The van der Waals surface area contributed by atoms with E-state index in [1.54, 1.807) is 36.4 Å². The van der Waals surface area contributed by atoms with Gasteiger partial charge in [-0.05, 0) is 53.3 Å². The summed E-state index contributed by atoms with van der Waals surface area (Å²) in [7, 11) is 0. The Labute approximate surface area is 185 Å². The number of amides is 3. The minimum absolute atomic E-state index is 0.0531. The van der Waals surface area contributed by atoms with Crippen LogP contribution in [0.3, 0.4) is 0 Å². The molecule has 160 valence electrons. The lowest BCUT2D eigenvalue weighted by molar-refractivity contribution is -0.116. The average molecular weight is 474 g/mol. The molecule has 0 aromatic heterocycles. The summed E-state index contributed by atoms with van der Waals surface area (Å²) in [5.74, 6) is -0.669. The highest BCUT2D eigenvalue weighted by atomic mass is 79.9. The third-order valence-corrected chi connectivity index (χ3v) is 5.01. The van der Waals surface area contributed by atoms with Crippen LogP contribution in [-0.2, 0) is 10.2 Å². The Morgan fingerprint density at radius 3 is 1.93 bits per heavy atom. The summed E-state index contributed by atoms with van der Waals surface area (Å²) in [5.41, 5.74) is 7.27. The van der Waals surface area contributed by atoms with Crippen molar-refractivity contribution >= 4 is 39.3 Å². The van der Waals surface area contributed by atoms with E-state index in [0.29, 0.717) is 23.2 Å². The van der Waals surface area contributed by atoms with Crippen molar-refractivity contribution in [3.63, 3.8) is 0 Å². The number of nitrogens with one attached hydrogen (secondary N) is 3. The monoisotopic (exact) mass is 473 g/mol. The zero-order valence-electron chi connectivity index (χ0n) is 17.9. The number of carbonyl (C=O) groups excluding carboxylic acids is 3. The second kappa shape index (κ2) is 9.89. The minimum Gasteiger partial charge on any atom is -0.326 e. The van der Waals surface area contributed by atoms with Crippen LogP contribution in [0.5, 0.6) is 0 Å². The maximum Gasteiger partial charge on any atom is 0.269 e. The quantitative estimate of drug-likeness (QED) is 0.544. The molecule has 2 aromatic rings. The lowest BCUT2D eigenvalue weighted by atomic mass is 9.86. The van der Waals surface area contributed by atoms with Gasteiger partial charge in [0.25, 0.3) is 11.8 Å². The van der Waals surface area contributed by atoms with Gasteiger partial charge in [0.1, 0.15) is 0 Å². The standard InChI is InChI=1S/C23H28BrN3O3/c1-14(2)12-20(28)25-17-9-6-15(7-10-17)21(29)26-27-22(30)16-8-11-18(19(24)13-16)23(3,4)5/h6-11,13-14H,12H2,1-5H3,(H,25,28)(H,26,29)(H,27,30). The van der Waals surface area contributed by atoms with Gasteiger partial charge in [0, 0.05) is 27.7 Å². The molecule has 0 saturated carbocycles. The molecule has 2 rings (SSSR count). The minimum atomic E-state index is -0.450. The SMILES string of the molecule is CC(C)CC(=O)Nc1ccc(C(=O)NNC(=O)c2ccc(C(C)(C)C)c(Br)c2)cc1. The van der Waals surface area contributed by atoms with Crippen molar-refractivity contribution in [1.29, 1.82) is 0 Å². The summed E-state index contributed by atoms with van der Waals surface area (Å²) < 4.78 is 0.837. The van der Waals surface area contributed by atoms with Gasteiger partial charge in [0.2, 0.25) is 5.91 Å². The predicted octanol–water partition coefficient (Wildman–Crippen LogP) is 4.81. The highest BCUT2D eigenvalue weighted by Gasteiger charge is 2.18. The van der Waals surface area contributed by atoms with Crippen LogP contribution >= 0.6 is 15.9 Å². The molecular formula is C23H28BrN3O3. The molecule has 6 nitrogen and oxygen atoms in total. The third-order valence-electron chi connectivity index (χ3n) is 4.35. The van der Waals surface area contributed by atoms with Crippen molar-refractivity contribution in [2.75, 3.05) is 5.32 Å². The molecule has 30 heavy (non-hydrogen) atoms. The lowest BCUT2D eigenvalue weighted by Gasteiger charge is -2.21. The first-order valence-electron chi connectivity index (χ1n) is 9.78. The van der Waals surface area contributed by atoms with E-state index in [-0.39, 0.29) is 17.2 Å². The fourth-order valence-corrected chi connectivity index (χ4v) is 3.78. The fourth-order valence-electron chi connectivity index (χ4n) is 2.81. The van der Waals surface area contributed by atoms with Crippen LogP contribution in [0.15, 0.2) is 46.9 Å². The fraction of sp³-hybridized carbons (Fsp3) is 0.348. The summed E-state index contributed by atoms with van der Waals surface area (Å²) in [6, 6.07) is 11.8. The molecule has 3 N–H and O–H groups in total. The molecule has 0 aliphatic carbocycles. The number of anilines is 1. The van der Waals surface area contributed by atoms with Crippen LogP contribution in [-0.4, -0.2) is 17.7 Å². The first-order valence-corrected chi connectivity index (χ1v) is 10.6. The summed E-state index contributed by atoms with van der Waals surface area (Å²) in [4.78, 5) is 36.5. The highest BCUT2D eigenvalue weighted by molar-refractivity contribution is 9.10. The van der Waals surface area contributed by atoms with Crippen LogP contribution in [0, 0.1) is 5.92 Å². The largest absolute Gasteiger partial charge is 0.326 e. The van der Waals surface area contributed by atoms with E-state index < -0.39 is 11.8 Å². The molecule has 3 amide bonds. The van der Waals surface area contributed by atoms with E-state index in [9.17, 15) is 14.4 Å². The van der Waals surface area contributed by atoms with Gasteiger partial charge in [0.15, 0.2) is 0 Å². The zero-order chi connectivity index (χ0) is 22.5. The summed E-state index contributed by atoms with van der Waals surface area (Å²) in [6.07, 6.45) is 0.432. The number of carbonyl (C=O) groups is 3. The lowest BCUT2D eigenvalue weighted by Crippen LogP contribution is -2.41. The second-order valence-corrected chi connectivity index (χ2v) is 9.43. The Morgan fingerprint density at radius 1 is 0.900 bits per heavy atom. The predicted molar refractivity (Wildman–Crippen MR) is 122 cm³/mol. The van der Waals surface area contributed by atoms with Crippen LogP contribution in [0.25, 0.3) is 0 Å². The average Bonchev–Trinajstić information content (AvgIpc) is 2.64. The van der Waals surface area contributed by atoms with Gasteiger partial charge in [0.05, 0.1) is 0 Å².